The maximum absolute atomic E-state index is 12.2. The summed E-state index contributed by atoms with van der Waals surface area (Å²) in [5.74, 6) is -0.567. The summed E-state index contributed by atoms with van der Waals surface area (Å²) in [7, 11) is 1.74. The Hall–Kier alpha value is -2.06. The topological polar surface area (TPSA) is 91.7 Å². The average molecular weight is 380 g/mol. The number of quaternary nitrogens is 1. The highest BCUT2D eigenvalue weighted by Crippen LogP contribution is 2.24. The molecule has 0 saturated heterocycles. The molecule has 0 aromatic heterocycles. The molecule has 0 heterocycles. The number of hydrogen-bond acceptors (Lipinski definition) is 4. The molecule has 8 heteroatoms. The van der Waals surface area contributed by atoms with Crippen LogP contribution >= 0.6 is 11.8 Å². The standard InChI is InChI=1S/C18H26N4O3S/c1-22(11-16(23)20-14-9-5-6-10-15(14)26-2)12-17(24)21-18(25)19-13-7-3-4-8-13/h5-6,9-10,13H,3-4,7-8,11-12H2,1-2H3,(H,20,23)(H2,19,21,24,25)/p+1. The Morgan fingerprint density at radius 1 is 1.12 bits per heavy atom. The van der Waals surface area contributed by atoms with Crippen LogP contribution in [0.15, 0.2) is 29.2 Å². The number of carbonyl (C=O) groups is 3. The second-order valence-electron chi connectivity index (χ2n) is 6.56. The van der Waals surface area contributed by atoms with E-state index in [0.717, 1.165) is 36.3 Å². The summed E-state index contributed by atoms with van der Waals surface area (Å²) < 4.78 is 0. The Kier molecular flexibility index (Phi) is 7.93. The van der Waals surface area contributed by atoms with E-state index in [-0.39, 0.29) is 25.0 Å². The highest BCUT2D eigenvalue weighted by atomic mass is 32.2. The van der Waals surface area contributed by atoms with Crippen LogP contribution in [-0.2, 0) is 9.59 Å². The Balaban J connectivity index is 1.72. The Labute approximate surface area is 158 Å². The number of nitrogens with one attached hydrogen (secondary N) is 4. The van der Waals surface area contributed by atoms with Gasteiger partial charge in [-0.3, -0.25) is 14.9 Å². The second kappa shape index (κ2) is 10.2. The van der Waals surface area contributed by atoms with Crippen molar-refractivity contribution < 1.29 is 19.3 Å². The van der Waals surface area contributed by atoms with Crippen molar-refractivity contribution in [3.8, 4) is 0 Å². The van der Waals surface area contributed by atoms with Crippen molar-refractivity contribution in [3.63, 3.8) is 0 Å². The van der Waals surface area contributed by atoms with Gasteiger partial charge in [0.05, 0.1) is 12.7 Å². The van der Waals surface area contributed by atoms with Crippen LogP contribution in [0, 0.1) is 0 Å². The van der Waals surface area contributed by atoms with Gasteiger partial charge in [-0.1, -0.05) is 25.0 Å². The third-order valence-electron chi connectivity index (χ3n) is 4.25. The molecule has 1 saturated carbocycles. The molecular weight excluding hydrogens is 352 g/mol. The number of hydrogen-bond donors (Lipinski definition) is 4. The Bertz CT molecular complexity index is 647. The first kappa shape index (κ1) is 20.3. The lowest BCUT2D eigenvalue weighted by atomic mass is 10.2. The first-order valence-electron chi connectivity index (χ1n) is 8.82. The van der Waals surface area contributed by atoms with Crippen LogP contribution in [0.3, 0.4) is 0 Å². The van der Waals surface area contributed by atoms with Gasteiger partial charge < -0.3 is 15.5 Å². The van der Waals surface area contributed by atoms with E-state index in [0.29, 0.717) is 4.90 Å². The van der Waals surface area contributed by atoms with Gasteiger partial charge >= 0.3 is 6.03 Å². The second-order valence-corrected chi connectivity index (χ2v) is 7.41. The van der Waals surface area contributed by atoms with Gasteiger partial charge in [-0.05, 0) is 31.2 Å². The lowest BCUT2D eigenvalue weighted by Crippen LogP contribution is -3.11. The molecule has 1 aromatic carbocycles. The van der Waals surface area contributed by atoms with Crippen molar-refractivity contribution in [2.24, 2.45) is 0 Å². The smallest absolute Gasteiger partial charge is 0.321 e. The molecule has 0 spiro atoms. The third kappa shape index (κ3) is 6.68. The SMILES string of the molecule is CSc1ccccc1NC(=O)C[NH+](C)CC(=O)NC(=O)NC1CCCC1. The number of likely N-dealkylation sites (N-methyl/N-ethyl adjacent to an activating group) is 1. The van der Waals surface area contributed by atoms with E-state index < -0.39 is 11.9 Å². The Morgan fingerprint density at radius 3 is 2.46 bits per heavy atom. The molecule has 0 aliphatic heterocycles. The number of benzene rings is 1. The van der Waals surface area contributed by atoms with Crippen LogP contribution in [0.5, 0.6) is 0 Å². The van der Waals surface area contributed by atoms with Crippen molar-refractivity contribution in [1.82, 2.24) is 10.6 Å². The van der Waals surface area contributed by atoms with Crippen LogP contribution in [0.2, 0.25) is 0 Å². The van der Waals surface area contributed by atoms with Crippen molar-refractivity contribution in [1.29, 1.82) is 0 Å². The minimum atomic E-state index is -0.451. The maximum atomic E-state index is 12.2. The van der Waals surface area contributed by atoms with E-state index in [1.807, 2.05) is 30.5 Å². The van der Waals surface area contributed by atoms with Gasteiger partial charge in [0, 0.05) is 10.9 Å². The molecule has 0 bridgehead atoms. The third-order valence-corrected chi connectivity index (χ3v) is 5.04. The summed E-state index contributed by atoms with van der Waals surface area (Å²) in [4.78, 5) is 37.6. The number of imide groups is 1. The Morgan fingerprint density at radius 2 is 1.77 bits per heavy atom. The zero-order chi connectivity index (χ0) is 18.9. The van der Waals surface area contributed by atoms with Gasteiger partial charge in [0.25, 0.3) is 11.8 Å². The number of thioether (sulfide) groups is 1. The van der Waals surface area contributed by atoms with E-state index in [2.05, 4.69) is 16.0 Å². The molecule has 0 radical (unpaired) electrons. The molecule has 1 fully saturated rings. The highest BCUT2D eigenvalue weighted by molar-refractivity contribution is 7.98. The molecule has 1 unspecified atom stereocenters. The van der Waals surface area contributed by atoms with E-state index in [4.69, 9.17) is 0 Å². The van der Waals surface area contributed by atoms with Crippen molar-refractivity contribution in [3.05, 3.63) is 24.3 Å². The lowest BCUT2D eigenvalue weighted by Gasteiger charge is -2.15. The predicted octanol–water partition coefficient (Wildman–Crippen LogP) is 0.630. The van der Waals surface area contributed by atoms with E-state index in [1.54, 1.807) is 18.8 Å². The molecular formula is C18H27N4O3S+. The lowest BCUT2D eigenvalue weighted by molar-refractivity contribution is -0.862. The van der Waals surface area contributed by atoms with Gasteiger partial charge in [0.1, 0.15) is 0 Å². The number of amides is 4. The summed E-state index contributed by atoms with van der Waals surface area (Å²) in [6, 6.07) is 7.28. The van der Waals surface area contributed by atoms with E-state index in [9.17, 15) is 14.4 Å². The summed E-state index contributed by atoms with van der Waals surface area (Å²) in [6.07, 6.45) is 6.10. The van der Waals surface area contributed by atoms with Crippen LogP contribution in [-0.4, -0.2) is 50.3 Å². The molecule has 1 aliphatic carbocycles. The normalized spacial score (nSPS) is 15.3. The molecule has 7 nitrogen and oxygen atoms in total. The highest BCUT2D eigenvalue weighted by Gasteiger charge is 2.20. The van der Waals surface area contributed by atoms with Crippen LogP contribution in [0.25, 0.3) is 0 Å². The number of rotatable bonds is 7. The molecule has 1 atom stereocenters. The molecule has 142 valence electrons. The summed E-state index contributed by atoms with van der Waals surface area (Å²) >= 11 is 1.56. The maximum Gasteiger partial charge on any atom is 0.321 e. The quantitative estimate of drug-likeness (QED) is 0.523. The van der Waals surface area contributed by atoms with Crippen LogP contribution < -0.4 is 20.9 Å². The van der Waals surface area contributed by atoms with Gasteiger partial charge in [-0.25, -0.2) is 4.79 Å². The number of urea groups is 1. The fourth-order valence-corrected chi connectivity index (χ4v) is 3.57. The molecule has 26 heavy (non-hydrogen) atoms. The van der Waals surface area contributed by atoms with Crippen molar-refractivity contribution >= 4 is 35.3 Å². The van der Waals surface area contributed by atoms with Gasteiger partial charge in [-0.15, -0.1) is 11.8 Å². The van der Waals surface area contributed by atoms with Crippen molar-refractivity contribution in [2.75, 3.05) is 31.7 Å². The average Bonchev–Trinajstić information content (AvgIpc) is 3.07. The first-order valence-corrected chi connectivity index (χ1v) is 10.0. The summed E-state index contributed by atoms with van der Waals surface area (Å²) in [5.41, 5.74) is 0.762. The predicted molar refractivity (Wildman–Crippen MR) is 102 cm³/mol. The molecule has 1 aliphatic rings. The summed E-state index contributed by atoms with van der Waals surface area (Å²) in [5, 5.41) is 8.00. The number of carbonyl (C=O) groups excluding carboxylic acids is 3. The van der Waals surface area contributed by atoms with E-state index >= 15 is 0 Å². The first-order chi connectivity index (χ1) is 12.5. The van der Waals surface area contributed by atoms with Gasteiger partial charge in [0.2, 0.25) is 0 Å². The largest absolute Gasteiger partial charge is 0.335 e. The van der Waals surface area contributed by atoms with Gasteiger partial charge in [0.15, 0.2) is 13.1 Å². The fourth-order valence-electron chi connectivity index (χ4n) is 3.02. The fraction of sp³-hybridized carbons (Fsp3) is 0.500. The zero-order valence-corrected chi connectivity index (χ0v) is 16.1. The molecule has 1 aromatic rings. The summed E-state index contributed by atoms with van der Waals surface area (Å²) in [6.45, 7) is 0.191. The minimum Gasteiger partial charge on any atom is -0.335 e. The molecule has 4 amide bonds. The zero-order valence-electron chi connectivity index (χ0n) is 15.3. The van der Waals surface area contributed by atoms with Gasteiger partial charge in [-0.2, -0.15) is 0 Å². The van der Waals surface area contributed by atoms with E-state index in [1.165, 1.54) is 0 Å². The minimum absolute atomic E-state index is 0.0513. The van der Waals surface area contributed by atoms with Crippen LogP contribution in [0.4, 0.5) is 10.5 Å². The van der Waals surface area contributed by atoms with Crippen molar-refractivity contribution in [2.45, 2.75) is 36.6 Å². The number of para-hydroxylation sites is 1. The molecule has 4 N–H and O–H groups in total. The monoisotopic (exact) mass is 379 g/mol. The van der Waals surface area contributed by atoms with Crippen LogP contribution in [0.1, 0.15) is 25.7 Å². The molecule has 2 rings (SSSR count). The number of anilines is 1.